The van der Waals surface area contributed by atoms with Crippen LogP contribution in [0.5, 0.6) is 0 Å². The van der Waals surface area contributed by atoms with Crippen molar-refractivity contribution in [2.75, 3.05) is 0 Å². The molecule has 1 aromatic carbocycles. The molecule has 4 nitrogen and oxygen atoms in total. The molecule has 0 spiro atoms. The number of hydrogen-bond acceptors (Lipinski definition) is 3. The molecule has 3 aromatic rings. The van der Waals surface area contributed by atoms with Crippen LogP contribution in [0.4, 0.5) is 17.6 Å². The van der Waals surface area contributed by atoms with Crippen molar-refractivity contribution in [3.05, 3.63) is 53.5 Å². The van der Waals surface area contributed by atoms with Gasteiger partial charge < -0.3 is 4.57 Å². The van der Waals surface area contributed by atoms with E-state index in [1.807, 2.05) is 0 Å². The smallest absolute Gasteiger partial charge is 0.311 e. The van der Waals surface area contributed by atoms with Crippen LogP contribution in [0.25, 0.3) is 11.2 Å². The summed E-state index contributed by atoms with van der Waals surface area (Å²) in [7, 11) is 0. The zero-order valence-corrected chi connectivity index (χ0v) is 11.4. The molecule has 0 amide bonds. The van der Waals surface area contributed by atoms with E-state index in [0.29, 0.717) is 5.56 Å². The van der Waals surface area contributed by atoms with E-state index in [1.165, 1.54) is 23.9 Å². The lowest BCUT2D eigenvalue weighted by Crippen LogP contribution is -2.13. The quantitative estimate of drug-likeness (QED) is 0.682. The maximum absolute atomic E-state index is 13.7. The van der Waals surface area contributed by atoms with Crippen molar-refractivity contribution in [3.63, 3.8) is 0 Å². The summed E-state index contributed by atoms with van der Waals surface area (Å²) >= 11 is 0. The molecule has 0 aliphatic rings. The van der Waals surface area contributed by atoms with Gasteiger partial charge in [-0.1, -0.05) is 18.2 Å². The normalized spacial score (nSPS) is 12.0. The highest BCUT2D eigenvalue weighted by atomic mass is 19.4. The van der Waals surface area contributed by atoms with Gasteiger partial charge in [0.05, 0.1) is 18.6 Å². The van der Waals surface area contributed by atoms with Gasteiger partial charge in [-0.2, -0.15) is 13.2 Å². The third-order valence-corrected chi connectivity index (χ3v) is 3.19. The second-order valence-electron chi connectivity index (χ2n) is 4.77. The number of rotatable bonds is 2. The van der Waals surface area contributed by atoms with E-state index >= 15 is 0 Å². The Hall–Kier alpha value is -2.51. The van der Waals surface area contributed by atoms with Crippen molar-refractivity contribution >= 4 is 11.2 Å². The van der Waals surface area contributed by atoms with E-state index in [0.717, 1.165) is 0 Å². The van der Waals surface area contributed by atoms with E-state index in [-0.39, 0.29) is 23.4 Å². The molecule has 0 aliphatic heterocycles. The molecule has 2 heterocycles. The second-order valence-corrected chi connectivity index (χ2v) is 4.77. The van der Waals surface area contributed by atoms with Crippen LogP contribution in [0.3, 0.4) is 0 Å². The van der Waals surface area contributed by atoms with E-state index in [9.17, 15) is 17.6 Å². The van der Waals surface area contributed by atoms with E-state index in [4.69, 9.17) is 0 Å². The van der Waals surface area contributed by atoms with Gasteiger partial charge in [-0.05, 0) is 13.0 Å². The summed E-state index contributed by atoms with van der Waals surface area (Å²) in [6.07, 6.45) is -3.31. The summed E-state index contributed by atoms with van der Waals surface area (Å²) in [4.78, 5) is 11.0. The lowest BCUT2D eigenvalue weighted by molar-refractivity contribution is -0.144. The first-order chi connectivity index (χ1) is 10.4. The molecule has 3 rings (SSSR count). The zero-order valence-electron chi connectivity index (χ0n) is 11.4. The van der Waals surface area contributed by atoms with E-state index < -0.39 is 17.8 Å². The summed E-state index contributed by atoms with van der Waals surface area (Å²) in [6.45, 7) is 1.47. The fourth-order valence-corrected chi connectivity index (χ4v) is 2.14. The fourth-order valence-electron chi connectivity index (χ4n) is 2.14. The first kappa shape index (κ1) is 14.4. The van der Waals surface area contributed by atoms with Crippen LogP contribution in [0.2, 0.25) is 0 Å². The summed E-state index contributed by atoms with van der Waals surface area (Å²) in [5, 5.41) is 0. The van der Waals surface area contributed by atoms with Crippen LogP contribution in [0.1, 0.15) is 17.1 Å². The molecule has 0 unspecified atom stereocenters. The SMILES string of the molecule is Cc1nc(C(F)(F)F)nc2c1ncn2Cc1ccccc1F. The number of nitrogens with zero attached hydrogens (tertiary/aromatic N) is 4. The Morgan fingerprint density at radius 3 is 2.55 bits per heavy atom. The van der Waals surface area contributed by atoms with Crippen LogP contribution >= 0.6 is 0 Å². The molecule has 0 atom stereocenters. The summed E-state index contributed by atoms with van der Waals surface area (Å²) < 4.78 is 53.5. The van der Waals surface area contributed by atoms with Gasteiger partial charge in [0.1, 0.15) is 11.3 Å². The van der Waals surface area contributed by atoms with Crippen molar-refractivity contribution in [2.45, 2.75) is 19.6 Å². The number of fused-ring (bicyclic) bond motifs is 1. The number of alkyl halides is 3. The molecule has 0 N–H and O–H groups in total. The minimum absolute atomic E-state index is 0.0306. The predicted molar refractivity (Wildman–Crippen MR) is 70.6 cm³/mol. The molecule has 114 valence electrons. The number of aryl methyl sites for hydroxylation is 1. The van der Waals surface area contributed by atoms with E-state index in [1.54, 1.807) is 18.2 Å². The van der Waals surface area contributed by atoms with Crippen LogP contribution in [-0.4, -0.2) is 19.5 Å². The Labute approximate surface area is 122 Å². The Kier molecular flexibility index (Phi) is 3.31. The van der Waals surface area contributed by atoms with Crippen LogP contribution in [0.15, 0.2) is 30.6 Å². The molecule has 8 heteroatoms. The predicted octanol–water partition coefficient (Wildman–Crippen LogP) is 3.34. The van der Waals surface area contributed by atoms with Gasteiger partial charge in [-0.15, -0.1) is 0 Å². The number of benzene rings is 1. The largest absolute Gasteiger partial charge is 0.451 e. The fraction of sp³-hybridized carbons (Fsp3) is 0.214. The molecule has 0 fully saturated rings. The van der Waals surface area contributed by atoms with Gasteiger partial charge in [0.15, 0.2) is 5.65 Å². The van der Waals surface area contributed by atoms with Crippen molar-refractivity contribution in [3.8, 4) is 0 Å². The Morgan fingerprint density at radius 1 is 1.14 bits per heavy atom. The van der Waals surface area contributed by atoms with Gasteiger partial charge in [-0.25, -0.2) is 19.3 Å². The Balaban J connectivity index is 2.11. The highest BCUT2D eigenvalue weighted by Gasteiger charge is 2.35. The molecule has 0 bridgehead atoms. The van der Waals surface area contributed by atoms with Gasteiger partial charge in [0.2, 0.25) is 5.82 Å². The lowest BCUT2D eigenvalue weighted by Gasteiger charge is -2.08. The van der Waals surface area contributed by atoms with Crippen LogP contribution in [-0.2, 0) is 12.7 Å². The number of aromatic nitrogens is 4. The minimum atomic E-state index is -4.65. The second kappa shape index (κ2) is 5.04. The first-order valence-electron chi connectivity index (χ1n) is 6.36. The molecule has 2 aromatic heterocycles. The van der Waals surface area contributed by atoms with Gasteiger partial charge in [0, 0.05) is 5.56 Å². The molecule has 22 heavy (non-hydrogen) atoms. The minimum Gasteiger partial charge on any atom is -0.311 e. The van der Waals surface area contributed by atoms with Gasteiger partial charge >= 0.3 is 6.18 Å². The van der Waals surface area contributed by atoms with Crippen molar-refractivity contribution in [2.24, 2.45) is 0 Å². The molecule has 0 radical (unpaired) electrons. The van der Waals surface area contributed by atoms with Crippen LogP contribution in [0, 0.1) is 12.7 Å². The average molecular weight is 310 g/mol. The lowest BCUT2D eigenvalue weighted by atomic mass is 10.2. The highest BCUT2D eigenvalue weighted by Crippen LogP contribution is 2.28. The number of hydrogen-bond donors (Lipinski definition) is 0. The van der Waals surface area contributed by atoms with E-state index in [2.05, 4.69) is 15.0 Å². The standard InChI is InChI=1S/C14H10F4N4/c1-8-11-12(21-13(20-8)14(16,17)18)22(7-19-11)6-9-4-2-3-5-10(9)15/h2-5,7H,6H2,1H3. The Morgan fingerprint density at radius 2 is 1.86 bits per heavy atom. The number of imidazole rings is 1. The maximum Gasteiger partial charge on any atom is 0.451 e. The Bertz CT molecular complexity index is 838. The summed E-state index contributed by atoms with van der Waals surface area (Å²) in [5.74, 6) is -1.67. The molecule has 0 saturated heterocycles. The van der Waals surface area contributed by atoms with Crippen molar-refractivity contribution in [1.29, 1.82) is 0 Å². The molecular weight excluding hydrogens is 300 g/mol. The topological polar surface area (TPSA) is 43.6 Å². The first-order valence-corrected chi connectivity index (χ1v) is 6.36. The van der Waals surface area contributed by atoms with Crippen molar-refractivity contribution < 1.29 is 17.6 Å². The maximum atomic E-state index is 13.7. The highest BCUT2D eigenvalue weighted by molar-refractivity contribution is 5.73. The summed E-state index contributed by atoms with van der Waals surface area (Å²) in [5.41, 5.74) is 0.767. The van der Waals surface area contributed by atoms with Gasteiger partial charge in [-0.3, -0.25) is 0 Å². The third kappa shape index (κ3) is 2.51. The molecule has 0 saturated carbocycles. The molecular formula is C14H10F4N4. The van der Waals surface area contributed by atoms with Gasteiger partial charge in [0.25, 0.3) is 0 Å². The summed E-state index contributed by atoms with van der Waals surface area (Å²) in [6, 6.07) is 6.04. The average Bonchev–Trinajstić information content (AvgIpc) is 2.84. The zero-order chi connectivity index (χ0) is 15.9. The molecule has 0 aliphatic carbocycles. The monoisotopic (exact) mass is 310 g/mol. The van der Waals surface area contributed by atoms with Crippen LogP contribution < -0.4 is 0 Å². The number of halogens is 4. The third-order valence-electron chi connectivity index (χ3n) is 3.19. The van der Waals surface area contributed by atoms with Crippen molar-refractivity contribution in [1.82, 2.24) is 19.5 Å².